The lowest BCUT2D eigenvalue weighted by molar-refractivity contribution is -0.150. The highest BCUT2D eigenvalue weighted by Gasteiger charge is 2.29. The Balaban J connectivity index is 0.00000220. The quantitative estimate of drug-likeness (QED) is 0.835. The number of esters is 1. The average molecular weight is 313 g/mol. The summed E-state index contributed by atoms with van der Waals surface area (Å²) in [5.74, 6) is -0.507. The molecule has 0 bridgehead atoms. The van der Waals surface area contributed by atoms with Crippen molar-refractivity contribution in [1.29, 1.82) is 0 Å². The molecule has 1 aliphatic rings. The molecule has 2 N–H and O–H groups in total. The fourth-order valence-electron chi connectivity index (χ4n) is 2.20. The number of rotatable bonds is 4. The molecule has 21 heavy (non-hydrogen) atoms. The van der Waals surface area contributed by atoms with Crippen LogP contribution in [0.2, 0.25) is 0 Å². The Morgan fingerprint density at radius 3 is 2.76 bits per heavy atom. The summed E-state index contributed by atoms with van der Waals surface area (Å²) in [6.45, 7) is 4.64. The van der Waals surface area contributed by atoms with Crippen LogP contribution in [0, 0.1) is 5.41 Å². The number of fused-ring (bicyclic) bond motifs is 1. The number of carbonyl (C=O) groups is 2. The first-order valence-electron chi connectivity index (χ1n) is 6.67. The summed E-state index contributed by atoms with van der Waals surface area (Å²) in [6, 6.07) is 5.61. The number of hydrogen-bond donors (Lipinski definition) is 2. The summed E-state index contributed by atoms with van der Waals surface area (Å²) in [5.41, 5.74) is 2.14. The van der Waals surface area contributed by atoms with Crippen molar-refractivity contribution in [3.05, 3.63) is 29.3 Å². The van der Waals surface area contributed by atoms with E-state index < -0.39 is 5.41 Å². The molecule has 0 spiro atoms. The minimum atomic E-state index is -0.733. The highest BCUT2D eigenvalue weighted by Crippen LogP contribution is 2.23. The minimum absolute atomic E-state index is 0. The van der Waals surface area contributed by atoms with E-state index in [0.29, 0.717) is 5.56 Å². The molecule has 0 radical (unpaired) electrons. The Morgan fingerprint density at radius 1 is 1.38 bits per heavy atom. The fraction of sp³-hybridized carbons (Fsp3) is 0.467. The van der Waals surface area contributed by atoms with Crippen molar-refractivity contribution >= 4 is 30.0 Å². The number of carbonyl (C=O) groups excluding carboxylic acids is 2. The largest absolute Gasteiger partial charge is 0.469 e. The third-order valence-corrected chi connectivity index (χ3v) is 3.51. The molecule has 1 aromatic rings. The molecular formula is C15H21ClN2O3. The first-order valence-corrected chi connectivity index (χ1v) is 6.67. The molecule has 1 heterocycles. The van der Waals surface area contributed by atoms with Crippen molar-refractivity contribution in [2.45, 2.75) is 20.3 Å². The van der Waals surface area contributed by atoms with E-state index in [2.05, 4.69) is 10.6 Å². The number of halogens is 1. The summed E-state index contributed by atoms with van der Waals surface area (Å²) in [6.07, 6.45) is 0.935. The molecule has 0 atom stereocenters. The maximum absolute atomic E-state index is 12.1. The van der Waals surface area contributed by atoms with Gasteiger partial charge in [-0.1, -0.05) is 0 Å². The highest BCUT2D eigenvalue weighted by molar-refractivity contribution is 5.95. The third kappa shape index (κ3) is 3.88. The van der Waals surface area contributed by atoms with Crippen LogP contribution >= 0.6 is 12.4 Å². The molecule has 1 aliphatic heterocycles. The lowest BCUT2D eigenvalue weighted by atomic mass is 9.93. The Labute approximate surface area is 130 Å². The molecule has 1 amide bonds. The summed E-state index contributed by atoms with van der Waals surface area (Å²) < 4.78 is 4.72. The molecule has 0 saturated heterocycles. The van der Waals surface area contributed by atoms with Crippen LogP contribution in [0.15, 0.2) is 18.2 Å². The van der Waals surface area contributed by atoms with Crippen LogP contribution in [0.25, 0.3) is 0 Å². The van der Waals surface area contributed by atoms with E-state index in [1.54, 1.807) is 19.9 Å². The summed E-state index contributed by atoms with van der Waals surface area (Å²) in [7, 11) is 1.35. The zero-order valence-corrected chi connectivity index (χ0v) is 13.3. The number of ether oxygens (including phenoxy) is 1. The Hall–Kier alpha value is -1.75. The van der Waals surface area contributed by atoms with E-state index in [4.69, 9.17) is 4.74 Å². The van der Waals surface area contributed by atoms with Crippen LogP contribution in [-0.2, 0) is 16.0 Å². The predicted molar refractivity (Wildman–Crippen MR) is 84.0 cm³/mol. The van der Waals surface area contributed by atoms with Gasteiger partial charge in [-0.05, 0) is 44.0 Å². The van der Waals surface area contributed by atoms with Gasteiger partial charge in [-0.15, -0.1) is 12.4 Å². The molecule has 5 nitrogen and oxygen atoms in total. The maximum atomic E-state index is 12.1. The van der Waals surface area contributed by atoms with Crippen molar-refractivity contribution < 1.29 is 14.3 Å². The molecule has 1 aromatic carbocycles. The predicted octanol–water partition coefficient (Wildman–Crippen LogP) is 2.01. The van der Waals surface area contributed by atoms with E-state index in [-0.39, 0.29) is 30.8 Å². The van der Waals surface area contributed by atoms with Crippen molar-refractivity contribution in [1.82, 2.24) is 5.32 Å². The third-order valence-electron chi connectivity index (χ3n) is 3.51. The van der Waals surface area contributed by atoms with Gasteiger partial charge in [0.15, 0.2) is 0 Å². The van der Waals surface area contributed by atoms with Crippen LogP contribution in [0.5, 0.6) is 0 Å². The van der Waals surface area contributed by atoms with Gasteiger partial charge in [0, 0.05) is 24.3 Å². The maximum Gasteiger partial charge on any atom is 0.313 e. The van der Waals surface area contributed by atoms with Gasteiger partial charge in [-0.2, -0.15) is 0 Å². The van der Waals surface area contributed by atoms with E-state index in [1.165, 1.54) is 7.11 Å². The lowest BCUT2D eigenvalue weighted by Crippen LogP contribution is -2.39. The molecule has 0 unspecified atom stereocenters. The smallest absolute Gasteiger partial charge is 0.313 e. The number of methoxy groups -OCH3 is 1. The van der Waals surface area contributed by atoms with E-state index in [0.717, 1.165) is 24.2 Å². The zero-order chi connectivity index (χ0) is 14.8. The monoisotopic (exact) mass is 312 g/mol. The van der Waals surface area contributed by atoms with Gasteiger partial charge in [0.25, 0.3) is 5.91 Å². The standard InChI is InChI=1S/C15H20N2O3.ClH/c1-15(2,14(19)20-3)9-17-13(18)11-4-5-12-10(8-11)6-7-16-12;/h4-5,8,16H,6-7,9H2,1-3H3,(H,17,18);1H. The van der Waals surface area contributed by atoms with Crippen LogP contribution in [0.1, 0.15) is 29.8 Å². The Morgan fingerprint density at radius 2 is 2.10 bits per heavy atom. The summed E-state index contributed by atoms with van der Waals surface area (Å²) >= 11 is 0. The number of benzene rings is 1. The highest BCUT2D eigenvalue weighted by atomic mass is 35.5. The SMILES string of the molecule is COC(=O)C(C)(C)CNC(=O)c1ccc2c(c1)CCN2.Cl. The lowest BCUT2D eigenvalue weighted by Gasteiger charge is -2.21. The van der Waals surface area contributed by atoms with Crippen LogP contribution in [0.4, 0.5) is 5.69 Å². The topological polar surface area (TPSA) is 67.4 Å². The van der Waals surface area contributed by atoms with Gasteiger partial charge in [0.05, 0.1) is 12.5 Å². The minimum Gasteiger partial charge on any atom is -0.469 e. The molecule has 6 heteroatoms. The zero-order valence-electron chi connectivity index (χ0n) is 12.5. The van der Waals surface area contributed by atoms with Gasteiger partial charge in [-0.25, -0.2) is 0 Å². The van der Waals surface area contributed by atoms with Gasteiger partial charge in [-0.3, -0.25) is 9.59 Å². The second kappa shape index (κ2) is 6.80. The van der Waals surface area contributed by atoms with E-state index >= 15 is 0 Å². The van der Waals surface area contributed by atoms with E-state index in [1.807, 2.05) is 12.1 Å². The number of anilines is 1. The van der Waals surface area contributed by atoms with Crippen LogP contribution in [-0.4, -0.2) is 32.1 Å². The van der Waals surface area contributed by atoms with Crippen molar-refractivity contribution in [2.24, 2.45) is 5.41 Å². The van der Waals surface area contributed by atoms with Gasteiger partial charge in [0.1, 0.15) is 0 Å². The summed E-state index contributed by atoms with van der Waals surface area (Å²) in [5, 5.41) is 6.04. The van der Waals surface area contributed by atoms with Gasteiger partial charge >= 0.3 is 5.97 Å². The van der Waals surface area contributed by atoms with Crippen LogP contribution < -0.4 is 10.6 Å². The van der Waals surface area contributed by atoms with E-state index in [9.17, 15) is 9.59 Å². The molecular weight excluding hydrogens is 292 g/mol. The normalized spacial score (nSPS) is 12.7. The average Bonchev–Trinajstić information content (AvgIpc) is 2.91. The van der Waals surface area contributed by atoms with Crippen LogP contribution in [0.3, 0.4) is 0 Å². The molecule has 0 saturated carbocycles. The molecule has 0 aromatic heterocycles. The van der Waals surface area contributed by atoms with Crippen molar-refractivity contribution in [3.63, 3.8) is 0 Å². The van der Waals surface area contributed by atoms with Crippen molar-refractivity contribution in [3.8, 4) is 0 Å². The first kappa shape index (κ1) is 17.3. The molecule has 0 fully saturated rings. The second-order valence-corrected chi connectivity index (χ2v) is 5.61. The molecule has 2 rings (SSSR count). The summed E-state index contributed by atoms with van der Waals surface area (Å²) in [4.78, 5) is 23.7. The first-order chi connectivity index (χ1) is 9.44. The van der Waals surface area contributed by atoms with Gasteiger partial charge < -0.3 is 15.4 Å². The number of hydrogen-bond acceptors (Lipinski definition) is 4. The second-order valence-electron chi connectivity index (χ2n) is 5.61. The van der Waals surface area contributed by atoms with Gasteiger partial charge in [0.2, 0.25) is 0 Å². The Kier molecular flexibility index (Phi) is 5.61. The molecule has 0 aliphatic carbocycles. The fourth-order valence-corrected chi connectivity index (χ4v) is 2.20. The number of amides is 1. The number of nitrogens with one attached hydrogen (secondary N) is 2. The molecule has 116 valence electrons. The Bertz CT molecular complexity index is 544. The van der Waals surface area contributed by atoms with Crippen molar-refractivity contribution in [2.75, 3.05) is 25.5 Å².